The number of furan rings is 1. The van der Waals surface area contributed by atoms with Crippen molar-refractivity contribution in [1.82, 2.24) is 10.2 Å². The average molecular weight is 290 g/mol. The Bertz CT molecular complexity index is 576. The van der Waals surface area contributed by atoms with Crippen molar-refractivity contribution in [3.8, 4) is 0 Å². The molecule has 0 aromatic carbocycles. The molecule has 1 aliphatic rings. The molecule has 4 nitrogen and oxygen atoms in total. The number of thiophene rings is 1. The Hall–Kier alpha value is -1.75. The van der Waals surface area contributed by atoms with E-state index < -0.39 is 0 Å². The van der Waals surface area contributed by atoms with Gasteiger partial charge in [-0.05, 0) is 42.5 Å². The number of amides is 2. The second-order valence-electron chi connectivity index (χ2n) is 5.17. The van der Waals surface area contributed by atoms with Gasteiger partial charge in [0.2, 0.25) is 0 Å². The maximum absolute atomic E-state index is 12.3. The van der Waals surface area contributed by atoms with Gasteiger partial charge in [0.25, 0.3) is 0 Å². The summed E-state index contributed by atoms with van der Waals surface area (Å²) in [5.41, 5.74) is 1.29. The molecule has 2 amide bonds. The van der Waals surface area contributed by atoms with Gasteiger partial charge >= 0.3 is 6.03 Å². The average Bonchev–Trinajstić information content (AvgIpc) is 3.07. The Kier molecular flexibility index (Phi) is 3.78. The van der Waals surface area contributed by atoms with Gasteiger partial charge in [0, 0.05) is 30.4 Å². The zero-order valence-corrected chi connectivity index (χ0v) is 12.3. The van der Waals surface area contributed by atoms with Crippen LogP contribution in [0.1, 0.15) is 23.1 Å². The first-order valence-electron chi connectivity index (χ1n) is 6.85. The van der Waals surface area contributed by atoms with E-state index in [0.29, 0.717) is 0 Å². The molecule has 5 heteroatoms. The molecule has 0 bridgehead atoms. The van der Waals surface area contributed by atoms with Gasteiger partial charge < -0.3 is 14.6 Å². The standard InChI is InChI=1S/C15H18N2O2S/c1-11(9-13-3-2-7-19-13)16-15(18)17-6-4-14-12(10-17)5-8-20-14/h2-3,5,7-8,11H,4,6,9-10H2,1H3,(H,16,18)/t11-/m0/s1. The van der Waals surface area contributed by atoms with E-state index in [-0.39, 0.29) is 12.1 Å². The molecule has 3 heterocycles. The van der Waals surface area contributed by atoms with E-state index in [1.807, 2.05) is 24.0 Å². The maximum atomic E-state index is 12.3. The topological polar surface area (TPSA) is 45.5 Å². The molecular formula is C15H18N2O2S. The van der Waals surface area contributed by atoms with E-state index in [1.165, 1.54) is 10.4 Å². The highest BCUT2D eigenvalue weighted by Crippen LogP contribution is 2.23. The number of carbonyl (C=O) groups excluding carboxylic acids is 1. The van der Waals surface area contributed by atoms with Gasteiger partial charge in [0.05, 0.1) is 6.26 Å². The minimum absolute atomic E-state index is 0.0147. The van der Waals surface area contributed by atoms with Crippen LogP contribution >= 0.6 is 11.3 Å². The number of rotatable bonds is 3. The lowest BCUT2D eigenvalue weighted by Gasteiger charge is -2.28. The lowest BCUT2D eigenvalue weighted by molar-refractivity contribution is 0.189. The van der Waals surface area contributed by atoms with Crippen LogP contribution in [0.3, 0.4) is 0 Å². The van der Waals surface area contributed by atoms with Crippen molar-refractivity contribution in [3.05, 3.63) is 46.0 Å². The first-order chi connectivity index (χ1) is 9.72. The fraction of sp³-hybridized carbons (Fsp3) is 0.400. The van der Waals surface area contributed by atoms with E-state index in [2.05, 4.69) is 16.8 Å². The Morgan fingerprint density at radius 1 is 1.55 bits per heavy atom. The van der Waals surface area contributed by atoms with Crippen LogP contribution in [0.25, 0.3) is 0 Å². The molecule has 1 aliphatic heterocycles. The van der Waals surface area contributed by atoms with Crippen molar-refractivity contribution >= 4 is 17.4 Å². The predicted molar refractivity (Wildman–Crippen MR) is 78.8 cm³/mol. The second-order valence-corrected chi connectivity index (χ2v) is 6.18. The molecule has 2 aromatic heterocycles. The van der Waals surface area contributed by atoms with E-state index in [4.69, 9.17) is 4.42 Å². The third-order valence-electron chi connectivity index (χ3n) is 3.55. The summed E-state index contributed by atoms with van der Waals surface area (Å²) in [5, 5.41) is 5.14. The fourth-order valence-corrected chi connectivity index (χ4v) is 3.40. The van der Waals surface area contributed by atoms with Crippen LogP contribution in [0.5, 0.6) is 0 Å². The highest BCUT2D eigenvalue weighted by Gasteiger charge is 2.22. The van der Waals surface area contributed by atoms with Crippen LogP contribution in [-0.2, 0) is 19.4 Å². The first-order valence-corrected chi connectivity index (χ1v) is 7.73. The van der Waals surface area contributed by atoms with Gasteiger partial charge in [-0.25, -0.2) is 4.79 Å². The highest BCUT2D eigenvalue weighted by molar-refractivity contribution is 7.10. The molecule has 0 radical (unpaired) electrons. The van der Waals surface area contributed by atoms with Crippen molar-refractivity contribution in [1.29, 1.82) is 0 Å². The monoisotopic (exact) mass is 290 g/mol. The van der Waals surface area contributed by atoms with Crippen LogP contribution in [-0.4, -0.2) is 23.5 Å². The molecule has 0 saturated carbocycles. The molecule has 2 aromatic rings. The van der Waals surface area contributed by atoms with Crippen molar-refractivity contribution in [2.24, 2.45) is 0 Å². The van der Waals surface area contributed by atoms with Crippen molar-refractivity contribution in [2.75, 3.05) is 6.54 Å². The summed E-state index contributed by atoms with van der Waals surface area (Å²) in [6.07, 6.45) is 3.34. The van der Waals surface area contributed by atoms with Gasteiger partial charge in [-0.2, -0.15) is 0 Å². The number of nitrogens with one attached hydrogen (secondary N) is 1. The number of carbonyl (C=O) groups is 1. The van der Waals surface area contributed by atoms with Crippen LogP contribution < -0.4 is 5.32 Å². The molecule has 20 heavy (non-hydrogen) atoms. The van der Waals surface area contributed by atoms with Gasteiger partial charge in [-0.1, -0.05) is 0 Å². The molecule has 106 valence electrons. The van der Waals surface area contributed by atoms with Crippen molar-refractivity contribution in [3.63, 3.8) is 0 Å². The predicted octanol–water partition coefficient (Wildman–Crippen LogP) is 3.04. The zero-order chi connectivity index (χ0) is 13.9. The summed E-state index contributed by atoms with van der Waals surface area (Å²) < 4.78 is 5.30. The molecule has 0 aliphatic carbocycles. The zero-order valence-electron chi connectivity index (χ0n) is 11.5. The molecular weight excluding hydrogens is 272 g/mol. The normalized spacial score (nSPS) is 15.8. The molecule has 0 unspecified atom stereocenters. The Labute approximate surface area is 122 Å². The SMILES string of the molecule is C[C@@H](Cc1ccco1)NC(=O)N1CCc2sccc2C1. The minimum atomic E-state index is 0.0147. The van der Waals surface area contributed by atoms with Crippen LogP contribution in [0.2, 0.25) is 0 Å². The first kappa shape index (κ1) is 13.2. The number of fused-ring (bicyclic) bond motifs is 1. The van der Waals surface area contributed by atoms with Crippen LogP contribution in [0, 0.1) is 0 Å². The number of hydrogen-bond acceptors (Lipinski definition) is 3. The van der Waals surface area contributed by atoms with E-state index in [1.54, 1.807) is 17.6 Å². The van der Waals surface area contributed by atoms with Gasteiger partial charge in [0.1, 0.15) is 5.76 Å². The summed E-state index contributed by atoms with van der Waals surface area (Å²) in [6, 6.07) is 6.00. The summed E-state index contributed by atoms with van der Waals surface area (Å²) in [7, 11) is 0. The van der Waals surface area contributed by atoms with Gasteiger partial charge in [0.15, 0.2) is 0 Å². The Morgan fingerprint density at radius 3 is 3.25 bits per heavy atom. The summed E-state index contributed by atoms with van der Waals surface area (Å²) in [4.78, 5) is 15.6. The lowest BCUT2D eigenvalue weighted by Crippen LogP contribution is -2.46. The van der Waals surface area contributed by atoms with Gasteiger partial charge in [-0.15, -0.1) is 11.3 Å². The molecule has 1 N–H and O–H groups in total. The molecule has 0 spiro atoms. The molecule has 0 fully saturated rings. The van der Waals surface area contributed by atoms with Crippen molar-refractivity contribution < 1.29 is 9.21 Å². The fourth-order valence-electron chi connectivity index (χ4n) is 2.51. The number of hydrogen-bond donors (Lipinski definition) is 1. The molecule has 3 rings (SSSR count). The molecule has 1 atom stereocenters. The lowest BCUT2D eigenvalue weighted by atomic mass is 10.1. The summed E-state index contributed by atoms with van der Waals surface area (Å²) >= 11 is 1.79. The van der Waals surface area contributed by atoms with Gasteiger partial charge in [-0.3, -0.25) is 0 Å². The third kappa shape index (κ3) is 2.88. The van der Waals surface area contributed by atoms with E-state index >= 15 is 0 Å². The number of urea groups is 1. The van der Waals surface area contributed by atoms with E-state index in [0.717, 1.165) is 31.7 Å². The summed E-state index contributed by atoms with van der Waals surface area (Å²) in [6.45, 7) is 3.52. The summed E-state index contributed by atoms with van der Waals surface area (Å²) in [5.74, 6) is 0.900. The highest BCUT2D eigenvalue weighted by atomic mass is 32.1. The maximum Gasteiger partial charge on any atom is 0.317 e. The smallest absolute Gasteiger partial charge is 0.317 e. The molecule has 0 saturated heterocycles. The Balaban J connectivity index is 1.54. The second kappa shape index (κ2) is 5.71. The third-order valence-corrected chi connectivity index (χ3v) is 4.58. The van der Waals surface area contributed by atoms with Crippen LogP contribution in [0.15, 0.2) is 34.3 Å². The number of nitrogens with zero attached hydrogens (tertiary/aromatic N) is 1. The Morgan fingerprint density at radius 2 is 2.45 bits per heavy atom. The minimum Gasteiger partial charge on any atom is -0.469 e. The van der Waals surface area contributed by atoms with E-state index in [9.17, 15) is 4.79 Å². The largest absolute Gasteiger partial charge is 0.469 e. The quantitative estimate of drug-likeness (QED) is 0.944. The van der Waals surface area contributed by atoms with Crippen molar-refractivity contribution in [2.45, 2.75) is 32.4 Å². The van der Waals surface area contributed by atoms with Crippen LogP contribution in [0.4, 0.5) is 4.79 Å².